The van der Waals surface area contributed by atoms with Crippen LogP contribution in [0.5, 0.6) is 11.5 Å². The fraction of sp³-hybridized carbons (Fsp3) is 0.235. The standard InChI is InChI=1S/C17H20N2O5S/c1-23-15-4-3-5-16(12-15)24-11-10-18-17(20)13-6-8-14(9-7-13)19-25(2,21)22/h3-9,12,19H,10-11H2,1-2H3,(H,18,20). The van der Waals surface area contributed by atoms with E-state index in [1.165, 1.54) is 12.1 Å². The molecule has 0 atom stereocenters. The van der Waals surface area contributed by atoms with E-state index in [1.54, 1.807) is 31.4 Å². The van der Waals surface area contributed by atoms with Gasteiger partial charge in [0, 0.05) is 17.3 Å². The molecule has 0 heterocycles. The minimum absolute atomic E-state index is 0.264. The topological polar surface area (TPSA) is 93.7 Å². The van der Waals surface area contributed by atoms with Crippen LogP contribution < -0.4 is 19.5 Å². The van der Waals surface area contributed by atoms with Crippen molar-refractivity contribution in [2.24, 2.45) is 0 Å². The zero-order chi connectivity index (χ0) is 18.3. The molecule has 0 bridgehead atoms. The van der Waals surface area contributed by atoms with E-state index in [2.05, 4.69) is 10.0 Å². The Kier molecular flexibility index (Phi) is 6.24. The van der Waals surface area contributed by atoms with Crippen molar-refractivity contribution in [1.29, 1.82) is 0 Å². The summed E-state index contributed by atoms with van der Waals surface area (Å²) in [4.78, 5) is 12.0. The molecule has 25 heavy (non-hydrogen) atoms. The fourth-order valence-electron chi connectivity index (χ4n) is 2.03. The number of sulfonamides is 1. The number of hydrogen-bond acceptors (Lipinski definition) is 5. The molecule has 0 aliphatic heterocycles. The first-order chi connectivity index (χ1) is 11.9. The van der Waals surface area contributed by atoms with Gasteiger partial charge in [0.25, 0.3) is 5.91 Å². The predicted molar refractivity (Wildman–Crippen MR) is 95.7 cm³/mol. The van der Waals surface area contributed by atoms with Gasteiger partial charge in [0.15, 0.2) is 0 Å². The Morgan fingerprint density at radius 1 is 1.08 bits per heavy atom. The maximum absolute atomic E-state index is 12.0. The van der Waals surface area contributed by atoms with Gasteiger partial charge in [-0.05, 0) is 36.4 Å². The second-order valence-electron chi connectivity index (χ2n) is 5.23. The monoisotopic (exact) mass is 364 g/mol. The van der Waals surface area contributed by atoms with Crippen molar-refractivity contribution in [3.8, 4) is 11.5 Å². The molecule has 2 rings (SSSR count). The van der Waals surface area contributed by atoms with Gasteiger partial charge in [0.1, 0.15) is 18.1 Å². The van der Waals surface area contributed by atoms with Crippen molar-refractivity contribution in [3.05, 3.63) is 54.1 Å². The minimum Gasteiger partial charge on any atom is -0.497 e. The van der Waals surface area contributed by atoms with Gasteiger partial charge < -0.3 is 14.8 Å². The summed E-state index contributed by atoms with van der Waals surface area (Å²) in [6.07, 6.45) is 1.07. The number of amides is 1. The number of benzene rings is 2. The molecule has 0 radical (unpaired) electrons. The third-order valence-corrected chi connectivity index (χ3v) is 3.75. The number of nitrogens with one attached hydrogen (secondary N) is 2. The summed E-state index contributed by atoms with van der Waals surface area (Å²) in [5.74, 6) is 1.09. The highest BCUT2D eigenvalue weighted by atomic mass is 32.2. The molecule has 0 unspecified atom stereocenters. The molecule has 134 valence electrons. The molecular formula is C17H20N2O5S. The first kappa shape index (κ1) is 18.6. The van der Waals surface area contributed by atoms with E-state index in [0.717, 1.165) is 6.26 Å². The molecule has 0 aliphatic rings. The second kappa shape index (κ2) is 8.39. The molecule has 7 nitrogen and oxygen atoms in total. The third-order valence-electron chi connectivity index (χ3n) is 3.15. The Balaban J connectivity index is 1.80. The van der Waals surface area contributed by atoms with Crippen LogP contribution in [-0.2, 0) is 10.0 Å². The Morgan fingerprint density at radius 2 is 1.76 bits per heavy atom. The van der Waals surface area contributed by atoms with Gasteiger partial charge in [-0.2, -0.15) is 0 Å². The summed E-state index contributed by atoms with van der Waals surface area (Å²) >= 11 is 0. The van der Waals surface area contributed by atoms with Crippen molar-refractivity contribution in [1.82, 2.24) is 5.32 Å². The van der Waals surface area contributed by atoms with Gasteiger partial charge in [0.05, 0.1) is 19.9 Å². The number of hydrogen-bond donors (Lipinski definition) is 2. The molecule has 2 aromatic carbocycles. The van der Waals surface area contributed by atoms with Gasteiger partial charge in [-0.25, -0.2) is 8.42 Å². The van der Waals surface area contributed by atoms with Crippen molar-refractivity contribution in [2.45, 2.75) is 0 Å². The zero-order valence-corrected chi connectivity index (χ0v) is 14.8. The minimum atomic E-state index is -3.34. The molecule has 0 aromatic heterocycles. The summed E-state index contributed by atoms with van der Waals surface area (Å²) in [5, 5.41) is 2.73. The highest BCUT2D eigenvalue weighted by Crippen LogP contribution is 2.18. The van der Waals surface area contributed by atoms with E-state index >= 15 is 0 Å². The van der Waals surface area contributed by atoms with Crippen molar-refractivity contribution < 1.29 is 22.7 Å². The smallest absolute Gasteiger partial charge is 0.251 e. The average Bonchev–Trinajstić information content (AvgIpc) is 2.58. The van der Waals surface area contributed by atoms with Crippen LogP contribution in [0, 0.1) is 0 Å². The molecule has 0 spiro atoms. The maximum atomic E-state index is 12.0. The maximum Gasteiger partial charge on any atom is 0.251 e. The SMILES string of the molecule is COc1cccc(OCCNC(=O)c2ccc(NS(C)(=O)=O)cc2)c1. The molecule has 0 saturated heterocycles. The number of carbonyl (C=O) groups excluding carboxylic acids is 1. The van der Waals surface area contributed by atoms with Gasteiger partial charge in [0.2, 0.25) is 10.0 Å². The van der Waals surface area contributed by atoms with Crippen molar-refractivity contribution in [2.75, 3.05) is 31.2 Å². The molecule has 8 heteroatoms. The normalized spacial score (nSPS) is 10.8. The van der Waals surface area contributed by atoms with Gasteiger partial charge >= 0.3 is 0 Å². The second-order valence-corrected chi connectivity index (χ2v) is 6.98. The molecule has 0 fully saturated rings. The van der Waals surface area contributed by atoms with Crippen LogP contribution in [0.4, 0.5) is 5.69 Å². The number of anilines is 1. The summed E-state index contributed by atoms with van der Waals surface area (Å²) in [6, 6.07) is 13.4. The van der Waals surface area contributed by atoms with Crippen LogP contribution in [0.2, 0.25) is 0 Å². The van der Waals surface area contributed by atoms with Crippen LogP contribution in [0.1, 0.15) is 10.4 Å². The Bertz CT molecular complexity index is 819. The first-order valence-corrected chi connectivity index (χ1v) is 9.39. The van der Waals surface area contributed by atoms with Crippen LogP contribution >= 0.6 is 0 Å². The number of methoxy groups -OCH3 is 1. The Morgan fingerprint density at radius 3 is 2.40 bits per heavy atom. The highest BCUT2D eigenvalue weighted by Gasteiger charge is 2.06. The fourth-order valence-corrected chi connectivity index (χ4v) is 2.59. The van der Waals surface area contributed by atoms with Crippen molar-refractivity contribution in [3.63, 3.8) is 0 Å². The van der Waals surface area contributed by atoms with Crippen LogP contribution in [0.3, 0.4) is 0 Å². The van der Waals surface area contributed by atoms with Gasteiger partial charge in [-0.15, -0.1) is 0 Å². The number of rotatable bonds is 8. The van der Waals surface area contributed by atoms with E-state index in [0.29, 0.717) is 35.9 Å². The predicted octanol–water partition coefficient (Wildman–Crippen LogP) is 1.88. The molecule has 2 aromatic rings. The summed E-state index contributed by atoms with van der Waals surface area (Å²) in [5.41, 5.74) is 0.834. The van der Waals surface area contributed by atoms with Crippen LogP contribution in [-0.4, -0.2) is 40.8 Å². The van der Waals surface area contributed by atoms with Crippen LogP contribution in [0.25, 0.3) is 0 Å². The first-order valence-electron chi connectivity index (χ1n) is 7.50. The molecule has 0 saturated carbocycles. The molecule has 1 amide bonds. The van der Waals surface area contributed by atoms with Gasteiger partial charge in [-0.3, -0.25) is 9.52 Å². The van der Waals surface area contributed by atoms with E-state index in [1.807, 2.05) is 12.1 Å². The van der Waals surface area contributed by atoms with Crippen LogP contribution in [0.15, 0.2) is 48.5 Å². The zero-order valence-electron chi connectivity index (χ0n) is 14.0. The summed E-state index contributed by atoms with van der Waals surface area (Å²) in [7, 11) is -1.76. The quantitative estimate of drug-likeness (QED) is 0.698. The van der Waals surface area contributed by atoms with E-state index < -0.39 is 10.0 Å². The Hall–Kier alpha value is -2.74. The summed E-state index contributed by atoms with van der Waals surface area (Å²) in [6.45, 7) is 0.645. The van der Waals surface area contributed by atoms with E-state index in [4.69, 9.17) is 9.47 Å². The molecular weight excluding hydrogens is 344 g/mol. The number of ether oxygens (including phenoxy) is 2. The summed E-state index contributed by atoms with van der Waals surface area (Å²) < 4.78 is 35.3. The lowest BCUT2D eigenvalue weighted by Gasteiger charge is -2.09. The number of carbonyl (C=O) groups is 1. The van der Waals surface area contributed by atoms with E-state index in [9.17, 15) is 13.2 Å². The third kappa shape index (κ3) is 6.34. The average molecular weight is 364 g/mol. The molecule has 0 aliphatic carbocycles. The Labute approximate surface area is 147 Å². The lowest BCUT2D eigenvalue weighted by molar-refractivity contribution is 0.0947. The largest absolute Gasteiger partial charge is 0.497 e. The lowest BCUT2D eigenvalue weighted by Crippen LogP contribution is -2.28. The lowest BCUT2D eigenvalue weighted by atomic mass is 10.2. The van der Waals surface area contributed by atoms with E-state index in [-0.39, 0.29) is 5.91 Å². The molecule has 2 N–H and O–H groups in total. The van der Waals surface area contributed by atoms with Gasteiger partial charge in [-0.1, -0.05) is 6.07 Å². The van der Waals surface area contributed by atoms with Crippen molar-refractivity contribution >= 4 is 21.6 Å². The highest BCUT2D eigenvalue weighted by molar-refractivity contribution is 7.92.